The summed E-state index contributed by atoms with van der Waals surface area (Å²) in [6.07, 6.45) is 4.19. The number of nitrogens with one attached hydrogen (secondary N) is 1. The maximum absolute atomic E-state index is 12.6. The van der Waals surface area contributed by atoms with E-state index in [0.717, 1.165) is 16.6 Å². The third-order valence-corrected chi connectivity index (χ3v) is 6.17. The molecule has 0 radical (unpaired) electrons. The van der Waals surface area contributed by atoms with Crippen LogP contribution in [0.25, 0.3) is 0 Å². The zero-order valence-corrected chi connectivity index (χ0v) is 20.0. The van der Waals surface area contributed by atoms with Crippen LogP contribution in [0.2, 0.25) is 10.0 Å². The predicted molar refractivity (Wildman–Crippen MR) is 122 cm³/mol. The van der Waals surface area contributed by atoms with Gasteiger partial charge in [-0.15, -0.1) is 10.2 Å². The number of nitrogens with zero attached hydrogens (tertiary/aromatic N) is 6. The van der Waals surface area contributed by atoms with Gasteiger partial charge in [-0.2, -0.15) is 4.80 Å². The van der Waals surface area contributed by atoms with Crippen molar-refractivity contribution in [2.45, 2.75) is 48.8 Å². The molecule has 3 rings (SSSR count). The number of amides is 1. The molecular weight excluding hydrogens is 489 g/mol. The molecule has 0 spiro atoms. The first-order valence-electron chi connectivity index (χ1n) is 10.1. The Labute approximate surface area is 204 Å². The van der Waals surface area contributed by atoms with Gasteiger partial charge in [-0.05, 0) is 48.0 Å². The molecule has 0 aliphatic carbocycles. The van der Waals surface area contributed by atoms with Gasteiger partial charge in [0.1, 0.15) is 12.4 Å². The Bertz CT molecular complexity index is 1060. The highest BCUT2D eigenvalue weighted by Crippen LogP contribution is 2.36. The minimum absolute atomic E-state index is 0.159. The smallest absolute Gasteiger partial charge is 0.407 e. The summed E-state index contributed by atoms with van der Waals surface area (Å²) in [5.74, 6) is 0.398. The van der Waals surface area contributed by atoms with E-state index in [1.54, 1.807) is 43.6 Å². The lowest BCUT2D eigenvalue weighted by molar-refractivity contribution is -0.122. The van der Waals surface area contributed by atoms with Gasteiger partial charge in [-0.3, -0.25) is 4.79 Å². The molecule has 0 saturated heterocycles. The molecular formula is C20H21Cl2N7O3S. The number of halogens is 2. The molecule has 174 valence electrons. The van der Waals surface area contributed by atoms with Gasteiger partial charge in [-0.25, -0.2) is 14.8 Å². The molecule has 1 aromatic carbocycles. The zero-order valence-electron chi connectivity index (χ0n) is 17.6. The van der Waals surface area contributed by atoms with E-state index in [2.05, 4.69) is 30.7 Å². The van der Waals surface area contributed by atoms with Crippen LogP contribution >= 0.6 is 35.0 Å². The first-order valence-corrected chi connectivity index (χ1v) is 11.6. The van der Waals surface area contributed by atoms with E-state index >= 15 is 0 Å². The van der Waals surface area contributed by atoms with Crippen LogP contribution < -0.4 is 5.32 Å². The van der Waals surface area contributed by atoms with Crippen LogP contribution in [0.1, 0.15) is 25.6 Å². The third-order valence-electron chi connectivity index (χ3n) is 4.33. The zero-order chi connectivity index (χ0) is 23.6. The summed E-state index contributed by atoms with van der Waals surface area (Å²) in [4.78, 5) is 34.6. The number of carbonyl (C=O) groups is 2. The quantitative estimate of drug-likeness (QED) is 0.385. The molecule has 1 unspecified atom stereocenters. The number of aromatic nitrogens is 6. The van der Waals surface area contributed by atoms with Crippen LogP contribution in [0.3, 0.4) is 0 Å². The van der Waals surface area contributed by atoms with Crippen LogP contribution in [0.4, 0.5) is 4.79 Å². The fourth-order valence-electron chi connectivity index (χ4n) is 2.71. The molecule has 0 aliphatic heterocycles. The van der Waals surface area contributed by atoms with Crippen LogP contribution in [-0.4, -0.2) is 54.7 Å². The van der Waals surface area contributed by atoms with Gasteiger partial charge in [0.2, 0.25) is 5.16 Å². The number of benzene rings is 1. The van der Waals surface area contributed by atoms with Crippen molar-refractivity contribution in [2.24, 2.45) is 0 Å². The second-order valence-electron chi connectivity index (χ2n) is 6.73. The number of Topliss-reactive ketones (excluding diaryl/α,β-unsaturated/α-hetero) is 1. The van der Waals surface area contributed by atoms with E-state index < -0.39 is 12.1 Å². The van der Waals surface area contributed by atoms with Gasteiger partial charge in [0.05, 0.1) is 27.6 Å². The van der Waals surface area contributed by atoms with Crippen LogP contribution in [0.5, 0.6) is 0 Å². The molecule has 2 heterocycles. The molecule has 3 aromatic rings. The molecule has 10 nitrogen and oxygen atoms in total. The number of ketones is 1. The molecule has 1 amide bonds. The highest BCUT2D eigenvalue weighted by atomic mass is 35.5. The van der Waals surface area contributed by atoms with Crippen LogP contribution in [-0.2, 0) is 22.5 Å². The number of ether oxygens (including phenoxy) is 1. The minimum atomic E-state index is -0.741. The normalized spacial score (nSPS) is 11.7. The Balaban J connectivity index is 1.46. The first kappa shape index (κ1) is 24.9. The molecule has 0 saturated carbocycles. The Kier molecular flexibility index (Phi) is 9.40. The number of alkyl carbamates (subject to hydrolysis) is 1. The lowest BCUT2D eigenvalue weighted by Gasteiger charge is -2.15. The van der Waals surface area contributed by atoms with Crippen molar-refractivity contribution in [1.82, 2.24) is 35.5 Å². The Hall–Kier alpha value is -2.76. The predicted octanol–water partition coefficient (Wildman–Crippen LogP) is 3.63. The van der Waals surface area contributed by atoms with E-state index in [0.29, 0.717) is 45.2 Å². The molecule has 0 fully saturated rings. The SMILES string of the molecule is CCC(NC(=O)OCCCc1ncccn1)C(=O)Cn1nnc(Sc2c(Cl)cccc2Cl)n1. The maximum atomic E-state index is 12.6. The van der Waals surface area contributed by atoms with Crippen molar-refractivity contribution in [2.75, 3.05) is 6.61 Å². The van der Waals surface area contributed by atoms with Gasteiger partial charge in [-0.1, -0.05) is 36.2 Å². The van der Waals surface area contributed by atoms with Crippen molar-refractivity contribution in [3.63, 3.8) is 0 Å². The van der Waals surface area contributed by atoms with Crippen LogP contribution in [0, 0.1) is 0 Å². The molecule has 2 aromatic heterocycles. The molecule has 0 aliphatic rings. The lowest BCUT2D eigenvalue weighted by Crippen LogP contribution is -2.42. The van der Waals surface area contributed by atoms with E-state index in [-0.39, 0.29) is 18.9 Å². The van der Waals surface area contributed by atoms with Crippen molar-refractivity contribution in [3.05, 3.63) is 52.5 Å². The third kappa shape index (κ3) is 7.65. The Morgan fingerprint density at radius 2 is 1.91 bits per heavy atom. The van der Waals surface area contributed by atoms with Gasteiger partial charge in [0, 0.05) is 18.8 Å². The number of aryl methyl sites for hydroxylation is 1. The number of carbonyl (C=O) groups excluding carboxylic acids is 2. The van der Waals surface area contributed by atoms with E-state index in [4.69, 9.17) is 27.9 Å². The molecule has 0 bridgehead atoms. The largest absolute Gasteiger partial charge is 0.450 e. The molecule has 13 heteroatoms. The van der Waals surface area contributed by atoms with Crippen molar-refractivity contribution >= 4 is 46.8 Å². The fourth-order valence-corrected chi connectivity index (χ4v) is 4.06. The van der Waals surface area contributed by atoms with Crippen molar-refractivity contribution in [1.29, 1.82) is 0 Å². The highest BCUT2D eigenvalue weighted by molar-refractivity contribution is 7.99. The van der Waals surface area contributed by atoms with E-state index in [9.17, 15) is 9.59 Å². The average Bonchev–Trinajstić information content (AvgIpc) is 3.25. The van der Waals surface area contributed by atoms with Gasteiger partial charge in [0.25, 0.3) is 0 Å². The molecule has 33 heavy (non-hydrogen) atoms. The number of hydrogen-bond acceptors (Lipinski definition) is 9. The fraction of sp³-hybridized carbons (Fsp3) is 0.350. The topological polar surface area (TPSA) is 125 Å². The van der Waals surface area contributed by atoms with E-state index in [1.807, 2.05) is 0 Å². The summed E-state index contributed by atoms with van der Waals surface area (Å²) in [5, 5.41) is 15.8. The van der Waals surface area contributed by atoms with Crippen molar-refractivity contribution in [3.8, 4) is 0 Å². The molecule has 1 N–H and O–H groups in total. The second-order valence-corrected chi connectivity index (χ2v) is 8.52. The minimum Gasteiger partial charge on any atom is -0.450 e. The van der Waals surface area contributed by atoms with Crippen molar-refractivity contribution < 1.29 is 14.3 Å². The van der Waals surface area contributed by atoms with Gasteiger partial charge in [0.15, 0.2) is 5.78 Å². The first-order chi connectivity index (χ1) is 16.0. The Morgan fingerprint density at radius 3 is 2.61 bits per heavy atom. The average molecular weight is 510 g/mol. The maximum Gasteiger partial charge on any atom is 0.407 e. The molecule has 1 atom stereocenters. The highest BCUT2D eigenvalue weighted by Gasteiger charge is 2.21. The monoisotopic (exact) mass is 509 g/mol. The lowest BCUT2D eigenvalue weighted by atomic mass is 10.1. The summed E-state index contributed by atoms with van der Waals surface area (Å²) in [6.45, 7) is 1.81. The number of hydrogen-bond donors (Lipinski definition) is 1. The number of rotatable bonds is 11. The summed E-state index contributed by atoms with van der Waals surface area (Å²) >= 11 is 13.5. The van der Waals surface area contributed by atoms with Gasteiger partial charge >= 0.3 is 6.09 Å². The van der Waals surface area contributed by atoms with E-state index in [1.165, 1.54) is 0 Å². The number of tetrazole rings is 1. The Morgan fingerprint density at radius 1 is 1.18 bits per heavy atom. The summed E-state index contributed by atoms with van der Waals surface area (Å²) < 4.78 is 5.15. The summed E-state index contributed by atoms with van der Waals surface area (Å²) in [6, 6.07) is 6.14. The summed E-state index contributed by atoms with van der Waals surface area (Å²) in [7, 11) is 0. The second kappa shape index (κ2) is 12.5. The van der Waals surface area contributed by atoms with Crippen LogP contribution in [0.15, 0.2) is 46.7 Å². The summed E-state index contributed by atoms with van der Waals surface area (Å²) in [5.41, 5.74) is 0. The van der Waals surface area contributed by atoms with Gasteiger partial charge < -0.3 is 10.1 Å². The standard InChI is InChI=1S/C20H21Cl2N7O3S/c1-2-15(25-20(31)32-11-4-8-17-23-9-5-10-24-17)16(30)12-29-27-19(26-28-29)33-18-13(21)6-3-7-14(18)22/h3,5-7,9-10,15H,2,4,8,11-12H2,1H3,(H,25,31).